The number of cyclic esters (lactones) is 1. The molecule has 0 aliphatic carbocycles. The summed E-state index contributed by atoms with van der Waals surface area (Å²) in [5.41, 5.74) is 3.67. The van der Waals surface area contributed by atoms with Crippen molar-refractivity contribution in [2.75, 3.05) is 37.0 Å². The van der Waals surface area contributed by atoms with Crippen molar-refractivity contribution < 1.29 is 18.3 Å². The fourth-order valence-corrected chi connectivity index (χ4v) is 6.07. The molecule has 2 heterocycles. The Morgan fingerprint density at radius 2 is 1.70 bits per heavy atom. The average molecular weight is 466 g/mol. The molecule has 33 heavy (non-hydrogen) atoms. The maximum absolute atomic E-state index is 12.7. The second kappa shape index (κ2) is 8.44. The molecular formula is C25H27N3O4S. The molecule has 0 spiro atoms. The van der Waals surface area contributed by atoms with Crippen LogP contribution in [0.25, 0.3) is 10.8 Å². The molecule has 0 saturated carbocycles. The van der Waals surface area contributed by atoms with E-state index in [-0.39, 0.29) is 22.6 Å². The second-order valence-electron chi connectivity index (χ2n) is 8.88. The van der Waals surface area contributed by atoms with E-state index in [0.29, 0.717) is 25.9 Å². The molecule has 172 valence electrons. The van der Waals surface area contributed by atoms with Crippen molar-refractivity contribution >= 4 is 45.2 Å². The zero-order valence-electron chi connectivity index (χ0n) is 18.8. The lowest BCUT2D eigenvalue weighted by Gasteiger charge is -2.46. The second-order valence-corrected chi connectivity index (χ2v) is 10.0. The monoisotopic (exact) mass is 465 g/mol. The third-order valence-electron chi connectivity index (χ3n) is 6.89. The van der Waals surface area contributed by atoms with Gasteiger partial charge in [-0.2, -0.15) is 0 Å². The van der Waals surface area contributed by atoms with Crippen LogP contribution in [0.5, 0.6) is 0 Å². The highest BCUT2D eigenvalue weighted by Crippen LogP contribution is 2.41. The predicted octanol–water partition coefficient (Wildman–Crippen LogP) is 4.33. The summed E-state index contributed by atoms with van der Waals surface area (Å²) >= 11 is -2.37. The number of carbonyl (C=O) groups excluding carboxylic acids is 1. The molecule has 8 heteroatoms. The number of para-hydroxylation sites is 1. The normalized spacial score (nSPS) is 23.7. The van der Waals surface area contributed by atoms with Gasteiger partial charge in [0.05, 0.1) is 24.8 Å². The van der Waals surface area contributed by atoms with Gasteiger partial charge in [-0.3, -0.25) is 4.90 Å². The van der Waals surface area contributed by atoms with E-state index in [0.717, 1.165) is 33.4 Å². The summed E-state index contributed by atoms with van der Waals surface area (Å²) < 4.78 is 30.7. The number of amides is 1. The summed E-state index contributed by atoms with van der Waals surface area (Å²) in [7, 11) is 3.97. The third-order valence-corrected chi connectivity index (χ3v) is 8.03. The Kier molecular flexibility index (Phi) is 5.60. The van der Waals surface area contributed by atoms with Crippen molar-refractivity contribution in [1.29, 1.82) is 0 Å². The summed E-state index contributed by atoms with van der Waals surface area (Å²) in [5, 5.41) is 1.97. The van der Waals surface area contributed by atoms with E-state index in [4.69, 9.17) is 4.74 Å². The molecule has 3 aromatic carbocycles. The first-order chi connectivity index (χ1) is 15.9. The minimum Gasteiger partial charge on any atom is -0.724 e. The molecule has 2 aliphatic heterocycles. The number of rotatable bonds is 4. The van der Waals surface area contributed by atoms with Gasteiger partial charge in [0, 0.05) is 55.0 Å². The van der Waals surface area contributed by atoms with Gasteiger partial charge in [-0.15, -0.1) is 0 Å². The van der Waals surface area contributed by atoms with Crippen LogP contribution in [0.4, 0.5) is 21.9 Å². The molecule has 1 unspecified atom stereocenters. The van der Waals surface area contributed by atoms with Crippen molar-refractivity contribution in [3.05, 3.63) is 66.2 Å². The lowest BCUT2D eigenvalue weighted by molar-refractivity contribution is 0.136. The van der Waals surface area contributed by atoms with Gasteiger partial charge in [0.15, 0.2) is 17.0 Å². The average Bonchev–Trinajstić information content (AvgIpc) is 2.83. The fraction of sp³-hybridized carbons (Fsp3) is 0.320. The molecular weight excluding hydrogens is 438 g/mol. The van der Waals surface area contributed by atoms with Gasteiger partial charge >= 0.3 is 6.09 Å². The zero-order valence-corrected chi connectivity index (χ0v) is 19.6. The predicted molar refractivity (Wildman–Crippen MR) is 131 cm³/mol. The molecule has 1 atom stereocenters. The highest BCUT2D eigenvalue weighted by atomic mass is 32.2. The number of benzene rings is 3. The number of hydrogen-bond acceptors (Lipinski definition) is 5. The van der Waals surface area contributed by atoms with Crippen molar-refractivity contribution in [2.45, 2.75) is 25.5 Å². The number of fused-ring (bicyclic) bond motifs is 2. The Morgan fingerprint density at radius 1 is 1.00 bits per heavy atom. The molecule has 0 N–H and O–H groups in total. The van der Waals surface area contributed by atoms with Gasteiger partial charge in [-0.05, 0) is 18.2 Å². The molecule has 0 radical (unpaired) electrons. The topological polar surface area (TPSA) is 72.9 Å². The number of anilines is 2. The lowest BCUT2D eigenvalue weighted by atomic mass is 9.98. The van der Waals surface area contributed by atoms with Gasteiger partial charge in [0.2, 0.25) is 0 Å². The molecule has 1 fully saturated rings. The molecule has 1 saturated heterocycles. The Morgan fingerprint density at radius 3 is 2.42 bits per heavy atom. The first kappa shape index (κ1) is 21.9. The van der Waals surface area contributed by atoms with Crippen LogP contribution in [-0.2, 0) is 22.6 Å². The summed E-state index contributed by atoms with van der Waals surface area (Å²) in [4.78, 5) is 16.4. The summed E-state index contributed by atoms with van der Waals surface area (Å²) in [6.07, 6.45) is 0.755. The molecule has 2 aliphatic rings. The molecule has 5 rings (SSSR count). The smallest absolute Gasteiger partial charge is 0.414 e. The van der Waals surface area contributed by atoms with Crippen LogP contribution in [0.1, 0.15) is 18.4 Å². The van der Waals surface area contributed by atoms with Crippen molar-refractivity contribution in [2.24, 2.45) is 0 Å². The summed E-state index contributed by atoms with van der Waals surface area (Å²) in [5.74, 6) is 0. The SMILES string of the molecule is CN(C)c1cccc2c([N+]3(S(=O)[O-])CCC(N4C(=O)OCc5ccccc54)CC3)cccc12. The van der Waals surface area contributed by atoms with Crippen LogP contribution in [0.15, 0.2) is 60.7 Å². The van der Waals surface area contributed by atoms with Crippen molar-refractivity contribution in [1.82, 2.24) is 3.89 Å². The molecule has 7 nitrogen and oxygen atoms in total. The molecule has 0 bridgehead atoms. The largest absolute Gasteiger partial charge is 0.724 e. The third kappa shape index (κ3) is 3.58. The fourth-order valence-electron chi connectivity index (χ4n) is 5.24. The van der Waals surface area contributed by atoms with Crippen LogP contribution in [0.3, 0.4) is 0 Å². The first-order valence-electron chi connectivity index (χ1n) is 11.1. The quantitative estimate of drug-likeness (QED) is 0.424. The zero-order chi connectivity index (χ0) is 23.2. The van der Waals surface area contributed by atoms with E-state index in [1.165, 1.54) is 0 Å². The van der Waals surface area contributed by atoms with Crippen molar-refractivity contribution in [3.8, 4) is 0 Å². The van der Waals surface area contributed by atoms with Crippen molar-refractivity contribution in [3.63, 3.8) is 0 Å². The Bertz CT molecular complexity index is 1240. The Hall–Kier alpha value is -2.94. The van der Waals surface area contributed by atoms with Gasteiger partial charge in [0.25, 0.3) is 0 Å². The summed E-state index contributed by atoms with van der Waals surface area (Å²) in [6, 6.07) is 19.5. The van der Waals surface area contributed by atoms with Gasteiger partial charge in [-0.25, -0.2) is 12.9 Å². The van der Waals surface area contributed by atoms with E-state index >= 15 is 0 Å². The van der Waals surface area contributed by atoms with Crippen LogP contribution < -0.4 is 13.7 Å². The summed E-state index contributed by atoms with van der Waals surface area (Å²) in [6.45, 7) is 1.04. The number of quaternary nitrogens is 1. The highest BCUT2D eigenvalue weighted by Gasteiger charge is 2.43. The minimum atomic E-state index is -2.37. The maximum Gasteiger partial charge on any atom is 0.414 e. The number of piperidine rings is 1. The van der Waals surface area contributed by atoms with Crippen LogP contribution in [0.2, 0.25) is 0 Å². The minimum absolute atomic E-state index is 0.110. The lowest BCUT2D eigenvalue weighted by Crippen LogP contribution is -2.59. The van der Waals surface area contributed by atoms with E-state index in [1.807, 2.05) is 79.7 Å². The Labute approximate surface area is 196 Å². The van der Waals surface area contributed by atoms with Crippen LogP contribution in [-0.4, -0.2) is 48.1 Å². The van der Waals surface area contributed by atoms with Gasteiger partial charge in [-0.1, -0.05) is 36.4 Å². The van der Waals surface area contributed by atoms with E-state index in [2.05, 4.69) is 0 Å². The van der Waals surface area contributed by atoms with Gasteiger partial charge in [0.1, 0.15) is 6.61 Å². The van der Waals surface area contributed by atoms with Gasteiger partial charge < -0.3 is 14.2 Å². The van der Waals surface area contributed by atoms with Crippen LogP contribution >= 0.6 is 0 Å². The van der Waals surface area contributed by atoms with E-state index < -0.39 is 11.3 Å². The number of nitrogens with zero attached hydrogens (tertiary/aromatic N) is 3. The number of ether oxygens (including phenoxy) is 1. The number of hydrogen-bond donors (Lipinski definition) is 0. The van der Waals surface area contributed by atoms with E-state index in [1.54, 1.807) is 4.90 Å². The maximum atomic E-state index is 12.7. The van der Waals surface area contributed by atoms with Crippen LogP contribution in [0, 0.1) is 0 Å². The Balaban J connectivity index is 1.51. The molecule has 3 aromatic rings. The molecule has 1 amide bonds. The number of carbonyl (C=O) groups is 1. The first-order valence-corrected chi connectivity index (χ1v) is 12.2. The highest BCUT2D eigenvalue weighted by molar-refractivity contribution is 7.78. The standard InChI is InChI=1S/C25H27N3O4S/c1-26(2)23-11-5-9-21-20(23)8-6-12-24(21)28(33(30)31)15-13-19(14-16-28)27-22-10-4-3-7-18(22)17-32-25(27)29/h3-12,19H,13-17H2,1-2H3. The van der Waals surface area contributed by atoms with E-state index in [9.17, 15) is 13.6 Å². The molecule has 0 aromatic heterocycles.